The zero-order valence-corrected chi connectivity index (χ0v) is 19.3. The van der Waals surface area contributed by atoms with E-state index >= 15 is 0 Å². The van der Waals surface area contributed by atoms with Gasteiger partial charge in [-0.25, -0.2) is 4.79 Å². The van der Waals surface area contributed by atoms with Gasteiger partial charge in [0.15, 0.2) is 11.5 Å². The van der Waals surface area contributed by atoms with Crippen LogP contribution in [0.15, 0.2) is 42.5 Å². The normalized spacial score (nSPS) is 15.9. The number of amides is 1. The van der Waals surface area contributed by atoms with E-state index in [1.54, 1.807) is 24.3 Å². The minimum atomic E-state index is -4.34. The highest BCUT2D eigenvalue weighted by Crippen LogP contribution is 2.33. The van der Waals surface area contributed by atoms with Gasteiger partial charge < -0.3 is 19.1 Å². The van der Waals surface area contributed by atoms with E-state index < -0.39 is 17.8 Å². The molecule has 1 N–H and O–H groups in total. The number of hydrogen-bond acceptors (Lipinski definition) is 6. The first kappa shape index (κ1) is 25.8. The molecule has 2 aliphatic heterocycles. The molecule has 0 aromatic heterocycles. The van der Waals surface area contributed by atoms with Gasteiger partial charge in [0.25, 0.3) is 0 Å². The van der Waals surface area contributed by atoms with E-state index in [1.165, 1.54) is 12.1 Å². The average molecular weight is 502 g/mol. The number of carbonyl (C=O) groups excluding carboxylic acids is 1. The third kappa shape index (κ3) is 6.83. The Morgan fingerprint density at radius 3 is 2.47 bits per heavy atom. The maximum Gasteiger partial charge on any atom is 0.416 e. The van der Waals surface area contributed by atoms with E-state index in [1.807, 2.05) is 4.90 Å². The van der Waals surface area contributed by atoms with Gasteiger partial charge in [-0.05, 0) is 36.8 Å². The van der Waals surface area contributed by atoms with Crippen LogP contribution in [-0.2, 0) is 10.9 Å². The lowest BCUT2D eigenvalue weighted by atomic mass is 10.1. The van der Waals surface area contributed by atoms with Gasteiger partial charge in [-0.3, -0.25) is 10.2 Å². The maximum atomic E-state index is 12.9. The number of halogens is 4. The molecule has 0 atom stereocenters. The highest BCUT2D eigenvalue weighted by molar-refractivity contribution is 5.85. The lowest BCUT2D eigenvalue weighted by Gasteiger charge is -2.36. The Hall–Kier alpha value is -2.85. The van der Waals surface area contributed by atoms with Crippen molar-refractivity contribution in [3.63, 3.8) is 0 Å². The van der Waals surface area contributed by atoms with Crippen molar-refractivity contribution >= 4 is 29.9 Å². The minimum Gasteiger partial charge on any atom is -0.486 e. The van der Waals surface area contributed by atoms with Gasteiger partial charge in [-0.15, -0.1) is 12.4 Å². The van der Waals surface area contributed by atoms with E-state index in [2.05, 4.69) is 10.2 Å². The first-order valence-electron chi connectivity index (χ1n) is 10.9. The van der Waals surface area contributed by atoms with Crippen molar-refractivity contribution in [2.45, 2.75) is 12.6 Å². The third-order valence-corrected chi connectivity index (χ3v) is 5.55. The van der Waals surface area contributed by atoms with E-state index in [0.29, 0.717) is 55.6 Å². The molecule has 7 nitrogen and oxygen atoms in total. The fourth-order valence-corrected chi connectivity index (χ4v) is 3.84. The molecule has 0 bridgehead atoms. The van der Waals surface area contributed by atoms with Crippen LogP contribution >= 0.6 is 12.4 Å². The molecule has 4 rings (SSSR count). The van der Waals surface area contributed by atoms with Gasteiger partial charge >= 0.3 is 12.3 Å². The van der Waals surface area contributed by atoms with E-state index in [4.69, 9.17) is 14.2 Å². The number of benzene rings is 2. The van der Waals surface area contributed by atoms with Crippen LogP contribution in [0.2, 0.25) is 0 Å². The Bertz CT molecular complexity index is 969. The summed E-state index contributed by atoms with van der Waals surface area (Å²) in [6.45, 7) is 4.74. The summed E-state index contributed by atoms with van der Waals surface area (Å²) in [7, 11) is 0. The predicted octanol–water partition coefficient (Wildman–Crippen LogP) is 4.66. The number of ether oxygens (including phenoxy) is 3. The number of nitrogens with one attached hydrogen (secondary N) is 1. The molecule has 11 heteroatoms. The van der Waals surface area contributed by atoms with E-state index in [-0.39, 0.29) is 19.0 Å². The number of rotatable bonds is 6. The lowest BCUT2D eigenvalue weighted by molar-refractivity contribution is -0.137. The predicted molar refractivity (Wildman–Crippen MR) is 124 cm³/mol. The van der Waals surface area contributed by atoms with Gasteiger partial charge in [-0.2, -0.15) is 13.2 Å². The molecule has 1 fully saturated rings. The number of anilines is 2. The van der Waals surface area contributed by atoms with Crippen LogP contribution in [0, 0.1) is 0 Å². The summed E-state index contributed by atoms with van der Waals surface area (Å²) in [4.78, 5) is 16.2. The Morgan fingerprint density at radius 2 is 1.74 bits per heavy atom. The lowest BCUT2D eigenvalue weighted by Crippen LogP contribution is -2.46. The van der Waals surface area contributed by atoms with Crippen molar-refractivity contribution in [1.82, 2.24) is 4.90 Å². The number of alkyl halides is 3. The molecular weight excluding hydrogens is 475 g/mol. The number of nitrogens with zero attached hydrogens (tertiary/aromatic N) is 2. The summed E-state index contributed by atoms with van der Waals surface area (Å²) in [6, 6.07) is 10.6. The Balaban J connectivity index is 0.00000324. The van der Waals surface area contributed by atoms with Gasteiger partial charge in [0.05, 0.1) is 12.2 Å². The quantitative estimate of drug-likeness (QED) is 0.581. The van der Waals surface area contributed by atoms with Crippen LogP contribution in [0.25, 0.3) is 0 Å². The summed E-state index contributed by atoms with van der Waals surface area (Å²) in [5.74, 6) is 1.23. The van der Waals surface area contributed by atoms with Gasteiger partial charge in [-0.1, -0.05) is 6.07 Å². The molecule has 186 valence electrons. The zero-order valence-electron chi connectivity index (χ0n) is 18.5. The summed E-state index contributed by atoms with van der Waals surface area (Å²) in [5, 5.41) is 2.67. The second-order valence-electron chi connectivity index (χ2n) is 7.85. The van der Waals surface area contributed by atoms with Crippen LogP contribution in [-0.4, -0.2) is 63.5 Å². The average Bonchev–Trinajstić information content (AvgIpc) is 2.82. The molecule has 0 radical (unpaired) electrons. The standard InChI is InChI=1S/C23H26F3N3O4.ClH/c24-23(25,26)17-3-1-4-19(15-17)29-10-8-28(9-11-29)7-2-12-33-22(30)27-18-5-6-20-21(16-18)32-14-13-31-20;/h1,3-6,15-16H,2,7-14H2,(H,27,30);1H. The Morgan fingerprint density at radius 1 is 1.00 bits per heavy atom. The first-order chi connectivity index (χ1) is 15.9. The number of piperazine rings is 1. The van der Waals surface area contributed by atoms with Gasteiger partial charge in [0.2, 0.25) is 0 Å². The van der Waals surface area contributed by atoms with Crippen molar-refractivity contribution in [3.05, 3.63) is 48.0 Å². The topological polar surface area (TPSA) is 63.3 Å². The molecule has 2 aromatic carbocycles. The summed E-state index contributed by atoms with van der Waals surface area (Å²) >= 11 is 0. The second-order valence-corrected chi connectivity index (χ2v) is 7.85. The van der Waals surface area contributed by atoms with Crippen LogP contribution in [0.1, 0.15) is 12.0 Å². The molecule has 1 saturated heterocycles. The molecule has 0 saturated carbocycles. The van der Waals surface area contributed by atoms with Gasteiger partial charge in [0, 0.05) is 50.2 Å². The second kappa shape index (κ2) is 11.5. The summed E-state index contributed by atoms with van der Waals surface area (Å²) in [6.07, 6.45) is -4.22. The number of fused-ring (bicyclic) bond motifs is 1. The van der Waals surface area contributed by atoms with Crippen molar-refractivity contribution in [2.24, 2.45) is 0 Å². The van der Waals surface area contributed by atoms with Crippen molar-refractivity contribution in [3.8, 4) is 11.5 Å². The summed E-state index contributed by atoms with van der Waals surface area (Å²) < 4.78 is 55.0. The van der Waals surface area contributed by atoms with E-state index in [9.17, 15) is 18.0 Å². The van der Waals surface area contributed by atoms with Crippen molar-refractivity contribution < 1.29 is 32.2 Å². The van der Waals surface area contributed by atoms with Crippen LogP contribution in [0.4, 0.5) is 29.3 Å². The summed E-state index contributed by atoms with van der Waals surface area (Å²) in [5.41, 5.74) is 0.521. The number of carbonyl (C=O) groups is 1. The zero-order chi connectivity index (χ0) is 23.3. The number of hydrogen-bond donors (Lipinski definition) is 1. The molecule has 0 aliphatic carbocycles. The third-order valence-electron chi connectivity index (χ3n) is 5.55. The molecule has 2 aliphatic rings. The largest absolute Gasteiger partial charge is 0.486 e. The monoisotopic (exact) mass is 501 g/mol. The molecule has 1 amide bonds. The fourth-order valence-electron chi connectivity index (χ4n) is 3.84. The highest BCUT2D eigenvalue weighted by Gasteiger charge is 2.31. The molecule has 34 heavy (non-hydrogen) atoms. The fraction of sp³-hybridized carbons (Fsp3) is 0.435. The van der Waals surface area contributed by atoms with Crippen molar-refractivity contribution in [2.75, 3.05) is 62.8 Å². The van der Waals surface area contributed by atoms with E-state index in [0.717, 1.165) is 25.7 Å². The molecule has 2 heterocycles. The SMILES string of the molecule is Cl.O=C(Nc1ccc2c(c1)OCCO2)OCCCN1CCN(c2cccc(C(F)(F)F)c2)CC1. The Labute approximate surface area is 202 Å². The Kier molecular flexibility index (Phi) is 8.73. The molecule has 2 aromatic rings. The first-order valence-corrected chi connectivity index (χ1v) is 10.9. The highest BCUT2D eigenvalue weighted by atomic mass is 35.5. The van der Waals surface area contributed by atoms with Crippen LogP contribution < -0.4 is 19.7 Å². The van der Waals surface area contributed by atoms with Gasteiger partial charge in [0.1, 0.15) is 13.2 Å². The maximum absolute atomic E-state index is 12.9. The molecule has 0 unspecified atom stereocenters. The molecular formula is C23H27ClF3N3O4. The van der Waals surface area contributed by atoms with Crippen LogP contribution in [0.5, 0.6) is 11.5 Å². The van der Waals surface area contributed by atoms with Crippen molar-refractivity contribution in [1.29, 1.82) is 0 Å². The minimum absolute atomic E-state index is 0. The molecule has 0 spiro atoms. The smallest absolute Gasteiger partial charge is 0.416 e. The van der Waals surface area contributed by atoms with Crippen LogP contribution in [0.3, 0.4) is 0 Å².